The van der Waals surface area contributed by atoms with Gasteiger partial charge in [0.15, 0.2) is 5.78 Å². The Balaban J connectivity index is 0.00000200. The molecule has 5 heteroatoms. The summed E-state index contributed by atoms with van der Waals surface area (Å²) in [5, 5.41) is 4.17. The largest absolute Gasteiger partial charge is 0.321 e. The van der Waals surface area contributed by atoms with Crippen molar-refractivity contribution in [2.45, 2.75) is 18.2 Å². The minimum Gasteiger partial charge on any atom is -0.321 e. The molecular weight excluding hydrogens is 310 g/mol. The van der Waals surface area contributed by atoms with Gasteiger partial charge in [-0.3, -0.25) is 4.79 Å². The number of Topliss-reactive ketones (excluding diaryl/α,β-unsaturated/α-hetero) is 1. The van der Waals surface area contributed by atoms with Crippen molar-refractivity contribution >= 4 is 41.3 Å². The van der Waals surface area contributed by atoms with Gasteiger partial charge in [0.1, 0.15) is 0 Å². The molecule has 0 radical (unpaired) electrons. The second kappa shape index (κ2) is 9.19. The van der Waals surface area contributed by atoms with E-state index in [9.17, 15) is 4.79 Å². The van der Waals surface area contributed by atoms with Gasteiger partial charge >= 0.3 is 0 Å². The molecule has 2 rings (SSSR count). The lowest BCUT2D eigenvalue weighted by atomic mass is 10.0. The number of benzene rings is 1. The molecule has 1 aromatic heterocycles. The molecule has 0 bridgehead atoms. The fraction of sp³-hybridized carbons (Fsp3) is 0.267. The monoisotopic (exact) mass is 327 g/mol. The van der Waals surface area contributed by atoms with Crippen molar-refractivity contribution in [3.63, 3.8) is 0 Å². The summed E-state index contributed by atoms with van der Waals surface area (Å²) in [4.78, 5) is 11.9. The van der Waals surface area contributed by atoms with Crippen LogP contribution in [0.2, 0.25) is 0 Å². The summed E-state index contributed by atoms with van der Waals surface area (Å²) in [5.41, 5.74) is 8.34. The molecule has 2 nitrogen and oxygen atoms in total. The summed E-state index contributed by atoms with van der Waals surface area (Å²) < 4.78 is 0. The average Bonchev–Trinajstić information content (AvgIpc) is 2.93. The first-order valence-electron chi connectivity index (χ1n) is 6.17. The highest BCUT2D eigenvalue weighted by Crippen LogP contribution is 2.15. The Bertz CT molecular complexity index is 502. The Morgan fingerprint density at radius 2 is 1.95 bits per heavy atom. The zero-order valence-corrected chi connectivity index (χ0v) is 13.5. The molecule has 2 aromatic rings. The van der Waals surface area contributed by atoms with Crippen LogP contribution in [0.5, 0.6) is 0 Å². The lowest BCUT2D eigenvalue weighted by Gasteiger charge is -2.10. The smallest absolute Gasteiger partial charge is 0.159 e. The highest BCUT2D eigenvalue weighted by molar-refractivity contribution is 7.99. The van der Waals surface area contributed by atoms with Gasteiger partial charge in [0.2, 0.25) is 0 Å². The molecule has 0 aliphatic heterocycles. The fourth-order valence-corrected chi connectivity index (χ4v) is 3.44. The molecular formula is C15H18ClNOS2. The minimum absolute atomic E-state index is 0. The Labute approximate surface area is 134 Å². The maximum Gasteiger partial charge on any atom is 0.159 e. The van der Waals surface area contributed by atoms with Gasteiger partial charge in [-0.15, -0.1) is 24.2 Å². The van der Waals surface area contributed by atoms with E-state index in [1.54, 1.807) is 23.1 Å². The third-order valence-electron chi connectivity index (χ3n) is 2.81. The summed E-state index contributed by atoms with van der Waals surface area (Å²) >= 11 is 3.32. The van der Waals surface area contributed by atoms with Crippen LogP contribution in [0.25, 0.3) is 0 Å². The predicted molar refractivity (Wildman–Crippen MR) is 90.9 cm³/mol. The first-order valence-corrected chi connectivity index (χ1v) is 8.26. The van der Waals surface area contributed by atoms with Crippen LogP contribution in [-0.2, 0) is 17.0 Å². The van der Waals surface area contributed by atoms with E-state index in [0.717, 1.165) is 11.3 Å². The molecule has 1 aromatic carbocycles. The van der Waals surface area contributed by atoms with Crippen molar-refractivity contribution in [1.82, 2.24) is 0 Å². The van der Waals surface area contributed by atoms with E-state index >= 15 is 0 Å². The summed E-state index contributed by atoms with van der Waals surface area (Å²) in [6.45, 7) is 0. The van der Waals surface area contributed by atoms with Crippen LogP contribution in [-0.4, -0.2) is 17.6 Å². The number of carbonyl (C=O) groups excluding carboxylic acids is 1. The number of ketones is 1. The van der Waals surface area contributed by atoms with Crippen LogP contribution >= 0.6 is 35.5 Å². The SMILES string of the molecule is Cl.NC(Cc1ccccc1)C(=O)CSCc1ccsc1. The standard InChI is InChI=1S/C15H17NOS2.ClH/c16-14(8-12-4-2-1-3-5-12)15(17)11-19-10-13-6-7-18-9-13;/h1-7,9,14H,8,10-11,16H2;1H. The number of carbonyl (C=O) groups is 1. The van der Waals surface area contributed by atoms with Crippen LogP contribution in [0.1, 0.15) is 11.1 Å². The summed E-state index contributed by atoms with van der Waals surface area (Å²) in [6, 6.07) is 11.6. The number of nitrogens with two attached hydrogens (primary N) is 1. The average molecular weight is 328 g/mol. The lowest BCUT2D eigenvalue weighted by molar-refractivity contribution is -0.117. The summed E-state index contributed by atoms with van der Waals surface area (Å²) in [7, 11) is 0. The molecule has 0 fully saturated rings. The van der Waals surface area contributed by atoms with Gasteiger partial charge in [0.25, 0.3) is 0 Å². The molecule has 20 heavy (non-hydrogen) atoms. The zero-order chi connectivity index (χ0) is 13.5. The van der Waals surface area contributed by atoms with Crippen molar-refractivity contribution in [2.75, 3.05) is 5.75 Å². The molecule has 1 atom stereocenters. The van der Waals surface area contributed by atoms with Gasteiger partial charge in [-0.25, -0.2) is 0 Å². The maximum absolute atomic E-state index is 11.9. The predicted octanol–water partition coefficient (Wildman–Crippen LogP) is 3.54. The van der Waals surface area contributed by atoms with Gasteiger partial charge < -0.3 is 5.73 Å². The van der Waals surface area contributed by atoms with Gasteiger partial charge in [-0.05, 0) is 34.4 Å². The Morgan fingerprint density at radius 3 is 2.60 bits per heavy atom. The number of thioether (sulfide) groups is 1. The quantitative estimate of drug-likeness (QED) is 0.845. The first kappa shape index (κ1) is 17.2. The minimum atomic E-state index is -0.391. The molecule has 0 spiro atoms. The van der Waals surface area contributed by atoms with Crippen LogP contribution in [0.15, 0.2) is 47.2 Å². The third-order valence-corrected chi connectivity index (χ3v) is 4.56. The van der Waals surface area contributed by atoms with E-state index in [4.69, 9.17) is 5.73 Å². The van der Waals surface area contributed by atoms with Crippen molar-refractivity contribution in [1.29, 1.82) is 0 Å². The first-order chi connectivity index (χ1) is 9.25. The van der Waals surface area contributed by atoms with Crippen LogP contribution in [0.3, 0.4) is 0 Å². The number of halogens is 1. The molecule has 0 aliphatic carbocycles. The van der Waals surface area contributed by atoms with Gasteiger partial charge in [-0.1, -0.05) is 30.3 Å². The molecule has 1 heterocycles. The molecule has 1 unspecified atom stereocenters. The fourth-order valence-electron chi connectivity index (χ4n) is 1.73. The number of hydrogen-bond acceptors (Lipinski definition) is 4. The summed E-state index contributed by atoms with van der Waals surface area (Å²) in [5.74, 6) is 1.50. The number of thiophene rings is 1. The van der Waals surface area contributed by atoms with E-state index in [2.05, 4.69) is 16.8 Å². The van der Waals surface area contributed by atoms with Crippen molar-refractivity contribution in [3.05, 3.63) is 58.3 Å². The number of hydrogen-bond donors (Lipinski definition) is 1. The third kappa shape index (κ3) is 5.67. The highest BCUT2D eigenvalue weighted by Gasteiger charge is 2.13. The lowest BCUT2D eigenvalue weighted by Crippen LogP contribution is -2.34. The molecule has 0 saturated carbocycles. The molecule has 0 amide bonds. The van der Waals surface area contributed by atoms with Gasteiger partial charge in [-0.2, -0.15) is 11.3 Å². The van der Waals surface area contributed by atoms with Crippen LogP contribution in [0.4, 0.5) is 0 Å². The van der Waals surface area contributed by atoms with Crippen molar-refractivity contribution < 1.29 is 4.79 Å². The normalized spacial score (nSPS) is 11.7. The van der Waals surface area contributed by atoms with Gasteiger partial charge in [0.05, 0.1) is 11.8 Å². The molecule has 2 N–H and O–H groups in total. The van der Waals surface area contributed by atoms with E-state index in [1.807, 2.05) is 30.3 Å². The molecule has 0 saturated heterocycles. The summed E-state index contributed by atoms with van der Waals surface area (Å²) in [6.07, 6.45) is 0.624. The van der Waals surface area contributed by atoms with E-state index < -0.39 is 6.04 Å². The van der Waals surface area contributed by atoms with E-state index in [1.165, 1.54) is 5.56 Å². The maximum atomic E-state index is 11.9. The second-order valence-corrected chi connectivity index (χ2v) is 6.15. The van der Waals surface area contributed by atoms with E-state index in [0.29, 0.717) is 12.2 Å². The molecule has 0 aliphatic rings. The zero-order valence-electron chi connectivity index (χ0n) is 11.0. The Kier molecular flexibility index (Phi) is 7.92. The van der Waals surface area contributed by atoms with Gasteiger partial charge in [0, 0.05) is 5.75 Å². The molecule has 108 valence electrons. The van der Waals surface area contributed by atoms with Crippen LogP contribution < -0.4 is 5.73 Å². The van der Waals surface area contributed by atoms with E-state index in [-0.39, 0.29) is 18.2 Å². The van der Waals surface area contributed by atoms with Crippen molar-refractivity contribution in [3.8, 4) is 0 Å². The van der Waals surface area contributed by atoms with Crippen molar-refractivity contribution in [2.24, 2.45) is 5.73 Å². The topological polar surface area (TPSA) is 43.1 Å². The Hall–Kier alpha value is -0.810. The second-order valence-electron chi connectivity index (χ2n) is 4.39. The number of rotatable bonds is 7. The Morgan fingerprint density at radius 1 is 1.20 bits per heavy atom. The van der Waals surface area contributed by atoms with Crippen LogP contribution in [0, 0.1) is 0 Å². The highest BCUT2D eigenvalue weighted by atomic mass is 35.5.